The molecule has 1 fully saturated rings. The summed E-state index contributed by atoms with van der Waals surface area (Å²) in [7, 11) is -3.38. The van der Waals surface area contributed by atoms with Crippen LogP contribution in [0.25, 0.3) is 0 Å². The van der Waals surface area contributed by atoms with Gasteiger partial charge in [0.05, 0.1) is 4.90 Å². The van der Waals surface area contributed by atoms with Crippen molar-refractivity contribution in [2.75, 3.05) is 6.54 Å². The number of sulfonamides is 1. The number of rotatable bonds is 8. The SMILES string of the molecule is CC(C)NCc1cccc(S(=O)(=O)NCCC2CCC2)c1. The van der Waals surface area contributed by atoms with Crippen LogP contribution in [0.2, 0.25) is 0 Å². The average Bonchev–Trinajstić information content (AvgIpc) is 2.39. The van der Waals surface area contributed by atoms with E-state index in [1.54, 1.807) is 18.2 Å². The first kappa shape index (κ1) is 16.5. The Balaban J connectivity index is 1.92. The highest BCUT2D eigenvalue weighted by Gasteiger charge is 2.19. The van der Waals surface area contributed by atoms with Gasteiger partial charge in [-0.15, -0.1) is 0 Å². The molecule has 4 nitrogen and oxygen atoms in total. The van der Waals surface area contributed by atoms with Crippen molar-refractivity contribution in [1.29, 1.82) is 0 Å². The summed E-state index contributed by atoms with van der Waals surface area (Å²) >= 11 is 0. The Bertz CT molecular complexity index is 551. The zero-order chi connectivity index (χ0) is 15.3. The van der Waals surface area contributed by atoms with Crippen molar-refractivity contribution in [2.45, 2.75) is 57.0 Å². The van der Waals surface area contributed by atoms with Gasteiger partial charge in [-0.1, -0.05) is 45.2 Å². The molecule has 0 amide bonds. The molecule has 0 atom stereocenters. The van der Waals surface area contributed by atoms with Crippen molar-refractivity contribution >= 4 is 10.0 Å². The van der Waals surface area contributed by atoms with Crippen LogP contribution >= 0.6 is 0 Å². The Hall–Kier alpha value is -0.910. The van der Waals surface area contributed by atoms with Crippen molar-refractivity contribution < 1.29 is 8.42 Å². The fraction of sp³-hybridized carbons (Fsp3) is 0.625. The third kappa shape index (κ3) is 5.09. The van der Waals surface area contributed by atoms with E-state index in [2.05, 4.69) is 23.9 Å². The highest BCUT2D eigenvalue weighted by atomic mass is 32.2. The molecule has 2 rings (SSSR count). The van der Waals surface area contributed by atoms with Gasteiger partial charge in [-0.05, 0) is 30.0 Å². The lowest BCUT2D eigenvalue weighted by molar-refractivity contribution is 0.297. The molecule has 0 radical (unpaired) electrons. The van der Waals surface area contributed by atoms with Crippen molar-refractivity contribution in [3.63, 3.8) is 0 Å². The maximum absolute atomic E-state index is 12.3. The first-order chi connectivity index (χ1) is 9.97. The Morgan fingerprint density at radius 2 is 2.05 bits per heavy atom. The van der Waals surface area contributed by atoms with Gasteiger partial charge < -0.3 is 5.32 Å². The van der Waals surface area contributed by atoms with Gasteiger partial charge in [-0.25, -0.2) is 13.1 Å². The summed E-state index contributed by atoms with van der Waals surface area (Å²) in [4.78, 5) is 0.360. The largest absolute Gasteiger partial charge is 0.310 e. The molecule has 0 aromatic heterocycles. The lowest BCUT2D eigenvalue weighted by Gasteiger charge is -2.25. The number of hydrogen-bond acceptors (Lipinski definition) is 3. The van der Waals surface area contributed by atoms with Gasteiger partial charge in [0.15, 0.2) is 0 Å². The van der Waals surface area contributed by atoms with Crippen LogP contribution in [0.3, 0.4) is 0 Å². The first-order valence-electron chi connectivity index (χ1n) is 7.79. The first-order valence-corrected chi connectivity index (χ1v) is 9.27. The summed E-state index contributed by atoms with van der Waals surface area (Å²) in [6.07, 6.45) is 4.74. The zero-order valence-electron chi connectivity index (χ0n) is 12.9. The van der Waals surface area contributed by atoms with E-state index in [4.69, 9.17) is 0 Å². The van der Waals surface area contributed by atoms with Crippen molar-refractivity contribution in [3.8, 4) is 0 Å². The van der Waals surface area contributed by atoms with Gasteiger partial charge in [0, 0.05) is 19.1 Å². The fourth-order valence-electron chi connectivity index (χ4n) is 2.41. The summed E-state index contributed by atoms with van der Waals surface area (Å²) < 4.78 is 27.3. The minimum Gasteiger partial charge on any atom is -0.310 e. The highest BCUT2D eigenvalue weighted by molar-refractivity contribution is 7.89. The van der Waals surface area contributed by atoms with E-state index in [1.807, 2.05) is 6.07 Å². The molecule has 5 heteroatoms. The molecular weight excluding hydrogens is 284 g/mol. The van der Waals surface area contributed by atoms with Gasteiger partial charge in [-0.3, -0.25) is 0 Å². The van der Waals surface area contributed by atoms with Crippen molar-refractivity contribution in [1.82, 2.24) is 10.0 Å². The van der Waals surface area contributed by atoms with E-state index in [0.29, 0.717) is 29.9 Å². The molecule has 0 heterocycles. The van der Waals surface area contributed by atoms with Crippen LogP contribution in [0.5, 0.6) is 0 Å². The van der Waals surface area contributed by atoms with Crippen LogP contribution < -0.4 is 10.0 Å². The van der Waals surface area contributed by atoms with Gasteiger partial charge in [0.2, 0.25) is 10.0 Å². The summed E-state index contributed by atoms with van der Waals surface area (Å²) in [5.41, 5.74) is 0.991. The minimum absolute atomic E-state index is 0.360. The maximum atomic E-state index is 12.3. The second-order valence-corrected chi connectivity index (χ2v) is 7.93. The molecule has 2 N–H and O–H groups in total. The Labute approximate surface area is 128 Å². The second-order valence-electron chi connectivity index (χ2n) is 6.17. The Morgan fingerprint density at radius 1 is 1.29 bits per heavy atom. The van der Waals surface area contributed by atoms with Gasteiger partial charge in [-0.2, -0.15) is 0 Å². The summed E-state index contributed by atoms with van der Waals surface area (Å²) in [6.45, 7) is 5.37. The molecule has 118 valence electrons. The van der Waals surface area contributed by atoms with E-state index >= 15 is 0 Å². The standard InChI is InChI=1S/C16H26N2O2S/c1-13(2)17-12-15-7-4-8-16(11-15)21(19,20)18-10-9-14-5-3-6-14/h4,7-8,11,13-14,17-18H,3,5-6,9-10,12H2,1-2H3. The normalized spacial score (nSPS) is 16.1. The van der Waals surface area contributed by atoms with Crippen LogP contribution in [0.4, 0.5) is 0 Å². The maximum Gasteiger partial charge on any atom is 0.240 e. The molecule has 1 aliphatic rings. The van der Waals surface area contributed by atoms with Crippen LogP contribution in [0, 0.1) is 5.92 Å². The van der Waals surface area contributed by atoms with E-state index in [9.17, 15) is 8.42 Å². The third-order valence-electron chi connectivity index (χ3n) is 3.99. The number of benzene rings is 1. The van der Waals surface area contributed by atoms with Gasteiger partial charge in [0.25, 0.3) is 0 Å². The summed E-state index contributed by atoms with van der Waals surface area (Å²) in [5.74, 6) is 0.717. The molecule has 0 spiro atoms. The summed E-state index contributed by atoms with van der Waals surface area (Å²) in [5, 5.41) is 3.30. The smallest absolute Gasteiger partial charge is 0.240 e. The van der Waals surface area contributed by atoms with E-state index in [1.165, 1.54) is 19.3 Å². The molecule has 1 aromatic rings. The van der Waals surface area contributed by atoms with Crippen LogP contribution in [-0.2, 0) is 16.6 Å². The van der Waals surface area contributed by atoms with Gasteiger partial charge >= 0.3 is 0 Å². The molecule has 1 aromatic carbocycles. The molecule has 0 unspecified atom stereocenters. The second kappa shape index (κ2) is 7.38. The molecule has 1 aliphatic carbocycles. The molecular formula is C16H26N2O2S. The molecule has 1 saturated carbocycles. The Kier molecular flexibility index (Phi) is 5.79. The molecule has 0 saturated heterocycles. The monoisotopic (exact) mass is 310 g/mol. The molecule has 0 aliphatic heterocycles. The summed E-state index contributed by atoms with van der Waals surface area (Å²) in [6, 6.07) is 7.54. The predicted molar refractivity (Wildman–Crippen MR) is 85.6 cm³/mol. The van der Waals surface area contributed by atoms with Crippen molar-refractivity contribution in [2.24, 2.45) is 5.92 Å². The lowest BCUT2D eigenvalue weighted by atomic mass is 9.83. The quantitative estimate of drug-likeness (QED) is 0.776. The molecule has 21 heavy (non-hydrogen) atoms. The number of hydrogen-bond donors (Lipinski definition) is 2. The van der Waals surface area contributed by atoms with E-state index < -0.39 is 10.0 Å². The van der Waals surface area contributed by atoms with Crippen LogP contribution in [0.15, 0.2) is 29.2 Å². The zero-order valence-corrected chi connectivity index (χ0v) is 13.7. The van der Waals surface area contributed by atoms with Crippen LogP contribution in [-0.4, -0.2) is 21.0 Å². The Morgan fingerprint density at radius 3 is 2.67 bits per heavy atom. The predicted octanol–water partition coefficient (Wildman–Crippen LogP) is 2.65. The average molecular weight is 310 g/mol. The minimum atomic E-state index is -3.38. The van der Waals surface area contributed by atoms with Gasteiger partial charge in [0.1, 0.15) is 0 Å². The van der Waals surface area contributed by atoms with Crippen molar-refractivity contribution in [3.05, 3.63) is 29.8 Å². The lowest BCUT2D eigenvalue weighted by Crippen LogP contribution is -2.28. The third-order valence-corrected chi connectivity index (χ3v) is 5.45. The van der Waals surface area contributed by atoms with E-state index in [-0.39, 0.29) is 0 Å². The topological polar surface area (TPSA) is 58.2 Å². The van der Waals surface area contributed by atoms with Crippen LogP contribution in [0.1, 0.15) is 45.1 Å². The number of nitrogens with one attached hydrogen (secondary N) is 2. The fourth-order valence-corrected chi connectivity index (χ4v) is 3.52. The molecule has 0 bridgehead atoms. The van der Waals surface area contributed by atoms with E-state index in [0.717, 1.165) is 12.0 Å². The highest BCUT2D eigenvalue weighted by Crippen LogP contribution is 2.28.